The van der Waals surface area contributed by atoms with Gasteiger partial charge in [0.25, 0.3) is 0 Å². The fourth-order valence-electron chi connectivity index (χ4n) is 10.4. The topological polar surface area (TPSA) is 108 Å². The van der Waals surface area contributed by atoms with Gasteiger partial charge in [0.1, 0.15) is 19.8 Å². The first kappa shape index (κ1) is 75.0. The van der Waals surface area contributed by atoms with Gasteiger partial charge in [0, 0.05) is 12.8 Å². The molecule has 10 heteroatoms. The lowest BCUT2D eigenvalue weighted by Gasteiger charge is -2.24. The average molecular weight is 1100 g/mol. The minimum Gasteiger partial charge on any atom is -0.462 e. The number of hydrogen-bond acceptors (Lipinski definition) is 7. The number of rotatable bonds is 64. The Bertz CT molecular complexity index is 1240. The Labute approximate surface area is 474 Å². The second kappa shape index (κ2) is 58.7. The van der Waals surface area contributed by atoms with Gasteiger partial charge >= 0.3 is 19.8 Å². The van der Waals surface area contributed by atoms with Crippen molar-refractivity contribution in [3.05, 3.63) is 0 Å². The maximum Gasteiger partial charge on any atom is 0.472 e. The lowest BCUT2D eigenvalue weighted by atomic mass is 10.0. The van der Waals surface area contributed by atoms with E-state index in [0.29, 0.717) is 17.4 Å². The van der Waals surface area contributed by atoms with Crippen LogP contribution in [0.2, 0.25) is 0 Å². The molecule has 0 bridgehead atoms. The predicted octanol–water partition coefficient (Wildman–Crippen LogP) is 21.4. The highest BCUT2D eigenvalue weighted by Gasteiger charge is 2.27. The van der Waals surface area contributed by atoms with E-state index >= 15 is 0 Å². The van der Waals surface area contributed by atoms with Crippen molar-refractivity contribution in [3.8, 4) is 0 Å². The molecule has 0 saturated carbocycles. The zero-order valence-corrected chi connectivity index (χ0v) is 52.7. The summed E-state index contributed by atoms with van der Waals surface area (Å²) < 4.78 is 34.7. The Morgan fingerprint density at radius 3 is 0.842 bits per heavy atom. The van der Waals surface area contributed by atoms with E-state index in [-0.39, 0.29) is 25.6 Å². The molecule has 0 aromatic rings. The monoisotopic (exact) mass is 1100 g/mol. The van der Waals surface area contributed by atoms with Crippen LogP contribution in [0.3, 0.4) is 0 Å². The van der Waals surface area contributed by atoms with Gasteiger partial charge in [0.15, 0.2) is 6.10 Å². The van der Waals surface area contributed by atoms with Crippen molar-refractivity contribution >= 4 is 19.8 Å². The molecular weight excluding hydrogens is 966 g/mol. The average Bonchev–Trinajstić information content (AvgIpc) is 3.38. The lowest BCUT2D eigenvalue weighted by Crippen LogP contribution is -2.37. The fourth-order valence-corrected chi connectivity index (χ4v) is 11.2. The van der Waals surface area contributed by atoms with Crippen molar-refractivity contribution in [2.45, 2.75) is 367 Å². The number of carbonyl (C=O) groups excluding carboxylic acids is 2. The van der Waals surface area contributed by atoms with E-state index in [1.807, 2.05) is 21.1 Å². The van der Waals surface area contributed by atoms with Crippen LogP contribution >= 0.6 is 7.82 Å². The number of unbranched alkanes of at least 4 members (excludes halogenated alkanes) is 50. The second-order valence-electron chi connectivity index (χ2n) is 24.6. The van der Waals surface area contributed by atoms with E-state index in [9.17, 15) is 19.0 Å². The van der Waals surface area contributed by atoms with E-state index < -0.39 is 26.5 Å². The largest absolute Gasteiger partial charge is 0.472 e. The second-order valence-corrected chi connectivity index (χ2v) is 26.0. The molecule has 0 heterocycles. The molecule has 0 aliphatic heterocycles. The van der Waals surface area contributed by atoms with Crippen LogP contribution in [-0.2, 0) is 32.7 Å². The molecule has 0 amide bonds. The maximum absolute atomic E-state index is 12.8. The standard InChI is InChI=1S/C66H132NO8P/c1-6-8-10-12-14-16-18-20-22-24-26-27-28-29-30-31-32-33-34-35-36-37-38-39-40-41-43-45-47-49-51-53-55-57-59-66(69)75-64(63-74-76(70,71)73-61-60-67(3,4)5)62-72-65(68)58-56-54-52-50-48-46-44-42-25-23-21-19-17-15-13-11-9-7-2/h64H,6-63H2,1-5H3/p+1. The van der Waals surface area contributed by atoms with Gasteiger partial charge in [-0.05, 0) is 12.8 Å². The van der Waals surface area contributed by atoms with Gasteiger partial charge < -0.3 is 18.9 Å². The first-order valence-corrected chi connectivity index (χ1v) is 35.3. The van der Waals surface area contributed by atoms with E-state index in [1.165, 1.54) is 295 Å². The number of phosphoric acid groups is 1. The molecule has 0 spiro atoms. The van der Waals surface area contributed by atoms with Crippen LogP contribution in [-0.4, -0.2) is 74.9 Å². The zero-order chi connectivity index (χ0) is 55.6. The third-order valence-electron chi connectivity index (χ3n) is 15.6. The summed E-state index contributed by atoms with van der Waals surface area (Å²) in [7, 11) is 1.51. The summed E-state index contributed by atoms with van der Waals surface area (Å²) in [6, 6.07) is 0. The third kappa shape index (κ3) is 62.2. The summed E-state index contributed by atoms with van der Waals surface area (Å²) >= 11 is 0. The van der Waals surface area contributed by atoms with Gasteiger partial charge in [-0.25, -0.2) is 4.57 Å². The maximum atomic E-state index is 12.8. The molecule has 76 heavy (non-hydrogen) atoms. The highest BCUT2D eigenvalue weighted by Crippen LogP contribution is 2.43. The van der Waals surface area contributed by atoms with Gasteiger partial charge in [0.05, 0.1) is 27.7 Å². The lowest BCUT2D eigenvalue weighted by molar-refractivity contribution is -0.870. The summed E-state index contributed by atoms with van der Waals surface area (Å²) in [6.07, 6.45) is 69.3. The molecule has 454 valence electrons. The van der Waals surface area contributed by atoms with Crippen LogP contribution in [0.4, 0.5) is 0 Å². The van der Waals surface area contributed by atoms with Crippen molar-refractivity contribution in [1.82, 2.24) is 0 Å². The highest BCUT2D eigenvalue weighted by atomic mass is 31.2. The van der Waals surface area contributed by atoms with Gasteiger partial charge in [0.2, 0.25) is 0 Å². The number of esters is 2. The zero-order valence-electron chi connectivity index (χ0n) is 51.8. The van der Waals surface area contributed by atoms with Crippen LogP contribution in [0.5, 0.6) is 0 Å². The molecule has 9 nitrogen and oxygen atoms in total. The number of quaternary nitrogens is 1. The number of nitrogens with zero attached hydrogens (tertiary/aromatic N) is 1. The van der Waals surface area contributed by atoms with Crippen LogP contribution < -0.4 is 0 Å². The number of hydrogen-bond donors (Lipinski definition) is 1. The van der Waals surface area contributed by atoms with Crippen molar-refractivity contribution in [2.75, 3.05) is 47.5 Å². The molecule has 0 saturated heterocycles. The predicted molar refractivity (Wildman–Crippen MR) is 326 cm³/mol. The summed E-state index contributed by atoms with van der Waals surface area (Å²) in [5.41, 5.74) is 0. The number of carbonyl (C=O) groups is 2. The first-order chi connectivity index (χ1) is 37.0. The quantitative estimate of drug-likeness (QED) is 0.0278. The fraction of sp³-hybridized carbons (Fsp3) is 0.970. The third-order valence-corrected chi connectivity index (χ3v) is 16.6. The molecule has 0 aromatic heterocycles. The molecule has 0 aromatic carbocycles. The van der Waals surface area contributed by atoms with E-state index in [1.54, 1.807) is 0 Å². The van der Waals surface area contributed by atoms with Crippen molar-refractivity contribution in [2.24, 2.45) is 0 Å². The van der Waals surface area contributed by atoms with Gasteiger partial charge in [-0.1, -0.05) is 335 Å². The Hall–Kier alpha value is -0.990. The van der Waals surface area contributed by atoms with Crippen LogP contribution in [0, 0.1) is 0 Å². The molecule has 0 fully saturated rings. The highest BCUT2D eigenvalue weighted by molar-refractivity contribution is 7.47. The Balaban J connectivity index is 3.93. The summed E-state index contributed by atoms with van der Waals surface area (Å²) in [5, 5.41) is 0. The Morgan fingerprint density at radius 1 is 0.355 bits per heavy atom. The molecule has 0 rings (SSSR count). The normalized spacial score (nSPS) is 13.1. The van der Waals surface area contributed by atoms with Gasteiger partial charge in [-0.15, -0.1) is 0 Å². The molecule has 0 aliphatic rings. The molecule has 0 radical (unpaired) electrons. The van der Waals surface area contributed by atoms with Crippen molar-refractivity contribution in [3.63, 3.8) is 0 Å². The Morgan fingerprint density at radius 2 is 0.592 bits per heavy atom. The number of phosphoric ester groups is 1. The van der Waals surface area contributed by atoms with Crippen molar-refractivity contribution in [1.29, 1.82) is 0 Å². The minimum absolute atomic E-state index is 0.0376. The first-order valence-electron chi connectivity index (χ1n) is 33.8. The Kier molecular flexibility index (Phi) is 57.9. The molecule has 2 atom stereocenters. The molecular formula is C66H133NO8P+. The van der Waals surface area contributed by atoms with E-state index in [0.717, 1.165) is 38.5 Å². The SMILES string of the molecule is CCCCCCCCCCCCCCCCCCCCCCCCCCCCCCCCCCCCC(=O)OC(COC(=O)CCCCCCCCCCCCCCCCCCCC)COP(=O)(O)OCC[N+](C)(C)C. The van der Waals surface area contributed by atoms with E-state index in [4.69, 9.17) is 18.5 Å². The van der Waals surface area contributed by atoms with Gasteiger partial charge in [-0.2, -0.15) is 0 Å². The van der Waals surface area contributed by atoms with Gasteiger partial charge in [-0.3, -0.25) is 18.6 Å². The number of ether oxygens (including phenoxy) is 2. The van der Waals surface area contributed by atoms with Crippen LogP contribution in [0.25, 0.3) is 0 Å². The molecule has 0 aliphatic carbocycles. The number of likely N-dealkylation sites (N-methyl/N-ethyl adjacent to an activating group) is 1. The van der Waals surface area contributed by atoms with Crippen LogP contribution in [0.1, 0.15) is 361 Å². The molecule has 2 unspecified atom stereocenters. The summed E-state index contributed by atoms with van der Waals surface area (Å²) in [6.45, 7) is 4.52. The van der Waals surface area contributed by atoms with Crippen molar-refractivity contribution < 1.29 is 42.1 Å². The minimum atomic E-state index is -4.38. The molecule has 1 N–H and O–H groups in total. The summed E-state index contributed by atoms with van der Waals surface area (Å²) in [5.74, 6) is -0.770. The smallest absolute Gasteiger partial charge is 0.462 e. The summed E-state index contributed by atoms with van der Waals surface area (Å²) in [4.78, 5) is 35.8. The van der Waals surface area contributed by atoms with Crippen LogP contribution in [0.15, 0.2) is 0 Å². The van der Waals surface area contributed by atoms with E-state index in [2.05, 4.69) is 13.8 Å².